The Balaban J connectivity index is 1.60. The van der Waals surface area contributed by atoms with Crippen LogP contribution in [0.4, 0.5) is 0 Å². The van der Waals surface area contributed by atoms with Crippen LogP contribution in [0.2, 0.25) is 0 Å². The molecule has 0 unspecified atom stereocenters. The van der Waals surface area contributed by atoms with Gasteiger partial charge in [0.1, 0.15) is 11.5 Å². The number of nitrogens with two attached hydrogens (primary N) is 1. The zero-order chi connectivity index (χ0) is 15.6. The average Bonchev–Trinajstić information content (AvgIpc) is 3.05. The van der Waals surface area contributed by atoms with Gasteiger partial charge in [0.2, 0.25) is 0 Å². The van der Waals surface area contributed by atoms with Gasteiger partial charge in [0.05, 0.1) is 25.9 Å². The van der Waals surface area contributed by atoms with Crippen molar-refractivity contribution < 1.29 is 14.2 Å². The zero-order valence-electron chi connectivity index (χ0n) is 13.0. The Bertz CT molecular complexity index is 459. The van der Waals surface area contributed by atoms with Crippen LogP contribution in [0.1, 0.15) is 19.8 Å². The second kappa shape index (κ2) is 9.58. The number of hydrogen-bond donors (Lipinski definition) is 1. The van der Waals surface area contributed by atoms with E-state index in [1.807, 2.05) is 31.2 Å². The molecular formula is C16H24N2O3S. The van der Waals surface area contributed by atoms with Crippen LogP contribution in [0.3, 0.4) is 0 Å². The molecule has 0 bridgehead atoms. The quantitative estimate of drug-likeness (QED) is 0.452. The molecule has 22 heavy (non-hydrogen) atoms. The number of rotatable bonds is 8. The Labute approximate surface area is 136 Å². The molecule has 1 aliphatic heterocycles. The molecule has 1 saturated heterocycles. The number of nitrogens with zero attached hydrogens (tertiary/aromatic N) is 1. The van der Waals surface area contributed by atoms with Crippen LogP contribution in [-0.2, 0) is 4.74 Å². The van der Waals surface area contributed by atoms with E-state index in [2.05, 4.69) is 4.99 Å². The fraction of sp³-hybridized carbons (Fsp3) is 0.562. The van der Waals surface area contributed by atoms with Crippen LogP contribution in [0, 0.1) is 0 Å². The molecule has 1 fully saturated rings. The Morgan fingerprint density at radius 2 is 2.05 bits per heavy atom. The summed E-state index contributed by atoms with van der Waals surface area (Å²) in [5, 5.41) is 0.603. The van der Waals surface area contributed by atoms with Crippen molar-refractivity contribution in [3.63, 3.8) is 0 Å². The molecule has 0 aliphatic carbocycles. The third-order valence-electron chi connectivity index (χ3n) is 3.21. The van der Waals surface area contributed by atoms with Gasteiger partial charge in [0.15, 0.2) is 5.17 Å². The van der Waals surface area contributed by atoms with Crippen molar-refractivity contribution in [2.24, 2.45) is 10.7 Å². The van der Waals surface area contributed by atoms with Gasteiger partial charge < -0.3 is 19.9 Å². The molecule has 0 spiro atoms. The van der Waals surface area contributed by atoms with Gasteiger partial charge in [-0.15, -0.1) is 0 Å². The summed E-state index contributed by atoms with van der Waals surface area (Å²) in [5.74, 6) is 2.46. The van der Waals surface area contributed by atoms with Crippen LogP contribution in [0.15, 0.2) is 29.3 Å². The molecule has 1 aromatic carbocycles. The van der Waals surface area contributed by atoms with Gasteiger partial charge in [0, 0.05) is 12.4 Å². The Morgan fingerprint density at radius 1 is 1.32 bits per heavy atom. The van der Waals surface area contributed by atoms with E-state index in [4.69, 9.17) is 19.9 Å². The predicted molar refractivity (Wildman–Crippen MR) is 91.0 cm³/mol. The number of amidine groups is 1. The average molecular weight is 324 g/mol. The molecule has 1 aliphatic rings. The molecule has 0 saturated carbocycles. The van der Waals surface area contributed by atoms with Crippen molar-refractivity contribution >= 4 is 16.9 Å². The summed E-state index contributed by atoms with van der Waals surface area (Å²) in [6.45, 7) is 4.74. The Morgan fingerprint density at radius 3 is 2.68 bits per heavy atom. The summed E-state index contributed by atoms with van der Waals surface area (Å²) in [7, 11) is 0. The van der Waals surface area contributed by atoms with Gasteiger partial charge in [-0.05, 0) is 44.0 Å². The SMILES string of the molecule is CCOc1ccc(OCCSC(N)=NC[C@H]2CCCO2)cc1. The van der Waals surface area contributed by atoms with Crippen LogP contribution >= 0.6 is 11.8 Å². The third-order valence-corrected chi connectivity index (χ3v) is 4.01. The van der Waals surface area contributed by atoms with Gasteiger partial charge in [-0.3, -0.25) is 4.99 Å². The number of thioether (sulfide) groups is 1. The Kier molecular flexibility index (Phi) is 7.39. The molecule has 6 heteroatoms. The molecule has 2 N–H and O–H groups in total. The molecule has 2 rings (SSSR count). The number of hydrogen-bond acceptors (Lipinski definition) is 5. The minimum absolute atomic E-state index is 0.249. The second-order valence-electron chi connectivity index (χ2n) is 4.92. The van der Waals surface area contributed by atoms with Crippen molar-refractivity contribution in [1.29, 1.82) is 0 Å². The molecule has 1 aromatic rings. The normalized spacial score (nSPS) is 18.4. The van der Waals surface area contributed by atoms with Gasteiger partial charge in [0.25, 0.3) is 0 Å². The van der Waals surface area contributed by atoms with Gasteiger partial charge in [-0.2, -0.15) is 0 Å². The topological polar surface area (TPSA) is 66.1 Å². The fourth-order valence-corrected chi connectivity index (χ4v) is 2.67. The lowest BCUT2D eigenvalue weighted by Gasteiger charge is -2.08. The first-order chi connectivity index (χ1) is 10.8. The summed E-state index contributed by atoms with van der Waals surface area (Å²) in [5.41, 5.74) is 5.87. The van der Waals surface area contributed by atoms with Gasteiger partial charge in [-0.1, -0.05) is 11.8 Å². The summed E-state index contributed by atoms with van der Waals surface area (Å²) < 4.78 is 16.5. The highest BCUT2D eigenvalue weighted by Crippen LogP contribution is 2.18. The summed E-state index contributed by atoms with van der Waals surface area (Å²) in [6.07, 6.45) is 2.46. The molecule has 0 radical (unpaired) electrons. The smallest absolute Gasteiger partial charge is 0.154 e. The molecule has 0 aromatic heterocycles. The molecule has 122 valence electrons. The van der Waals surface area contributed by atoms with E-state index >= 15 is 0 Å². The summed E-state index contributed by atoms with van der Waals surface area (Å²) in [6, 6.07) is 7.63. The first-order valence-corrected chi connectivity index (χ1v) is 8.66. The molecule has 5 nitrogen and oxygen atoms in total. The van der Waals surface area contributed by atoms with E-state index < -0.39 is 0 Å². The third kappa shape index (κ3) is 6.15. The zero-order valence-corrected chi connectivity index (χ0v) is 13.8. The van der Waals surface area contributed by atoms with Crippen molar-refractivity contribution in [3.8, 4) is 11.5 Å². The highest BCUT2D eigenvalue weighted by Gasteiger charge is 2.14. The number of aliphatic imine (C=N–C) groups is 1. The first kappa shape index (κ1) is 17.0. The van der Waals surface area contributed by atoms with E-state index in [9.17, 15) is 0 Å². The maximum atomic E-state index is 5.87. The van der Waals surface area contributed by atoms with Crippen molar-refractivity contribution in [3.05, 3.63) is 24.3 Å². The highest BCUT2D eigenvalue weighted by atomic mass is 32.2. The van der Waals surface area contributed by atoms with Crippen molar-refractivity contribution in [2.45, 2.75) is 25.9 Å². The summed E-state index contributed by atoms with van der Waals surface area (Å²) in [4.78, 5) is 4.34. The van der Waals surface area contributed by atoms with E-state index in [-0.39, 0.29) is 6.10 Å². The summed E-state index contributed by atoms with van der Waals surface area (Å²) >= 11 is 1.51. The minimum Gasteiger partial charge on any atom is -0.494 e. The lowest BCUT2D eigenvalue weighted by Crippen LogP contribution is -2.15. The lowest BCUT2D eigenvalue weighted by molar-refractivity contribution is 0.118. The van der Waals surface area contributed by atoms with E-state index in [1.54, 1.807) is 0 Å². The van der Waals surface area contributed by atoms with Crippen LogP contribution in [-0.4, -0.2) is 43.4 Å². The van der Waals surface area contributed by atoms with Crippen molar-refractivity contribution in [1.82, 2.24) is 0 Å². The van der Waals surface area contributed by atoms with Gasteiger partial charge in [-0.25, -0.2) is 0 Å². The molecular weight excluding hydrogens is 300 g/mol. The number of ether oxygens (including phenoxy) is 3. The lowest BCUT2D eigenvalue weighted by atomic mass is 10.2. The predicted octanol–water partition coefficient (Wildman–Crippen LogP) is 2.69. The van der Waals surface area contributed by atoms with E-state index in [1.165, 1.54) is 11.8 Å². The number of benzene rings is 1. The maximum Gasteiger partial charge on any atom is 0.154 e. The first-order valence-electron chi connectivity index (χ1n) is 7.68. The van der Waals surface area contributed by atoms with Gasteiger partial charge >= 0.3 is 0 Å². The van der Waals surface area contributed by atoms with Crippen LogP contribution < -0.4 is 15.2 Å². The highest BCUT2D eigenvalue weighted by molar-refractivity contribution is 8.13. The molecule has 0 amide bonds. The van der Waals surface area contributed by atoms with Crippen molar-refractivity contribution in [2.75, 3.05) is 32.1 Å². The monoisotopic (exact) mass is 324 g/mol. The maximum absolute atomic E-state index is 5.87. The van der Waals surface area contributed by atoms with E-state index in [0.29, 0.717) is 24.9 Å². The standard InChI is InChI=1S/C16H24N2O3S/c1-2-19-13-5-7-14(8-6-13)21-10-11-22-16(17)18-12-15-4-3-9-20-15/h5-8,15H,2-4,9-12H2,1H3,(H2,17,18)/t15-/m1/s1. The van der Waals surface area contributed by atoms with E-state index in [0.717, 1.165) is 36.7 Å². The van der Waals surface area contributed by atoms with Crippen LogP contribution in [0.25, 0.3) is 0 Å². The Hall–Kier alpha value is -1.40. The minimum atomic E-state index is 0.249. The fourth-order valence-electron chi connectivity index (χ4n) is 2.13. The molecule has 1 heterocycles. The van der Waals surface area contributed by atoms with Crippen LogP contribution in [0.5, 0.6) is 11.5 Å². The molecule has 1 atom stereocenters. The largest absolute Gasteiger partial charge is 0.494 e. The second-order valence-corrected chi connectivity index (χ2v) is 6.03.